The smallest absolute Gasteiger partial charge is 0.237 e. The van der Waals surface area contributed by atoms with Gasteiger partial charge in [0, 0.05) is 27.1 Å². The molecule has 1 N–H and O–H groups in total. The van der Waals surface area contributed by atoms with Crippen molar-refractivity contribution in [3.8, 4) is 0 Å². The van der Waals surface area contributed by atoms with Crippen molar-refractivity contribution in [2.45, 2.75) is 18.7 Å². The average Bonchev–Trinajstić information content (AvgIpc) is 2.03. The summed E-state index contributed by atoms with van der Waals surface area (Å²) in [6.45, 7) is 1.93. The van der Waals surface area contributed by atoms with E-state index in [2.05, 4.69) is 5.32 Å². The van der Waals surface area contributed by atoms with Crippen LogP contribution in [0, 0.1) is 0 Å². The van der Waals surface area contributed by atoms with E-state index < -0.39 is 5.38 Å². The number of amides is 2. The van der Waals surface area contributed by atoms with Crippen LogP contribution in [-0.2, 0) is 9.59 Å². The molecule has 13 heavy (non-hydrogen) atoms. The molecule has 0 aromatic carbocycles. The number of rotatable bonds is 4. The van der Waals surface area contributed by atoms with E-state index in [1.807, 2.05) is 0 Å². The Hall–Kier alpha value is -0.770. The normalized spacial score (nSPS) is 12.0. The van der Waals surface area contributed by atoms with Crippen LogP contribution in [0.1, 0.15) is 13.3 Å². The first-order chi connectivity index (χ1) is 5.95. The fourth-order valence-electron chi connectivity index (χ4n) is 0.657. The number of alkyl halides is 1. The van der Waals surface area contributed by atoms with Crippen LogP contribution < -0.4 is 5.32 Å². The van der Waals surface area contributed by atoms with Crippen molar-refractivity contribution >= 4 is 23.4 Å². The minimum Gasteiger partial charge on any atom is -0.354 e. The second-order valence-electron chi connectivity index (χ2n) is 2.95. The van der Waals surface area contributed by atoms with Crippen molar-refractivity contribution in [2.75, 3.05) is 20.6 Å². The molecule has 0 aliphatic rings. The van der Waals surface area contributed by atoms with Crippen molar-refractivity contribution in [1.82, 2.24) is 10.2 Å². The molecule has 0 rings (SSSR count). The Bertz CT molecular complexity index is 173. The molecule has 0 fully saturated rings. The summed E-state index contributed by atoms with van der Waals surface area (Å²) in [4.78, 5) is 23.4. The van der Waals surface area contributed by atoms with Crippen molar-refractivity contribution in [1.29, 1.82) is 0 Å². The molecule has 0 saturated heterocycles. The first kappa shape index (κ1) is 12.2. The molecule has 4 nitrogen and oxygen atoms in total. The van der Waals surface area contributed by atoms with Gasteiger partial charge in [0.2, 0.25) is 11.8 Å². The molecular formula is C8H15ClN2O2. The Morgan fingerprint density at radius 1 is 1.46 bits per heavy atom. The monoisotopic (exact) mass is 206 g/mol. The van der Waals surface area contributed by atoms with Crippen molar-refractivity contribution < 1.29 is 9.59 Å². The summed E-state index contributed by atoms with van der Waals surface area (Å²) in [5.74, 6) is -0.254. The van der Waals surface area contributed by atoms with Gasteiger partial charge in [-0.3, -0.25) is 9.59 Å². The Balaban J connectivity index is 3.57. The van der Waals surface area contributed by atoms with Gasteiger partial charge < -0.3 is 10.2 Å². The molecule has 0 heterocycles. The molecule has 0 bridgehead atoms. The third-order valence-electron chi connectivity index (χ3n) is 1.50. The number of nitrogens with zero attached hydrogens (tertiary/aromatic N) is 1. The van der Waals surface area contributed by atoms with Crippen molar-refractivity contribution in [3.63, 3.8) is 0 Å². The minimum absolute atomic E-state index is 0.0116. The van der Waals surface area contributed by atoms with Crippen LogP contribution >= 0.6 is 11.6 Å². The molecule has 0 spiro atoms. The lowest BCUT2D eigenvalue weighted by atomic mass is 10.3. The number of nitrogens with one attached hydrogen (secondary N) is 1. The molecule has 76 valence electrons. The Kier molecular flexibility index (Phi) is 5.46. The van der Waals surface area contributed by atoms with Gasteiger partial charge in [-0.25, -0.2) is 0 Å². The van der Waals surface area contributed by atoms with E-state index >= 15 is 0 Å². The second kappa shape index (κ2) is 5.80. The molecule has 0 saturated carbocycles. The fraction of sp³-hybridized carbons (Fsp3) is 0.750. The minimum atomic E-state index is -0.547. The highest BCUT2D eigenvalue weighted by Crippen LogP contribution is 1.92. The maximum absolute atomic E-state index is 11.0. The van der Waals surface area contributed by atoms with E-state index in [1.165, 1.54) is 4.90 Å². The zero-order valence-corrected chi connectivity index (χ0v) is 8.89. The van der Waals surface area contributed by atoms with Crippen LogP contribution in [-0.4, -0.2) is 42.7 Å². The molecule has 1 atom stereocenters. The van der Waals surface area contributed by atoms with Crippen LogP contribution in [0.5, 0.6) is 0 Å². The van der Waals surface area contributed by atoms with Gasteiger partial charge in [0.15, 0.2) is 0 Å². The average molecular weight is 207 g/mol. The van der Waals surface area contributed by atoms with Gasteiger partial charge in [0.25, 0.3) is 0 Å². The summed E-state index contributed by atoms with van der Waals surface area (Å²) in [5.41, 5.74) is 0. The zero-order valence-electron chi connectivity index (χ0n) is 8.13. The number of hydrogen-bond acceptors (Lipinski definition) is 2. The van der Waals surface area contributed by atoms with Crippen molar-refractivity contribution in [2.24, 2.45) is 0 Å². The quantitative estimate of drug-likeness (QED) is 0.669. The van der Waals surface area contributed by atoms with Gasteiger partial charge in [-0.05, 0) is 6.92 Å². The van der Waals surface area contributed by atoms with Crippen LogP contribution in [0.4, 0.5) is 0 Å². The Morgan fingerprint density at radius 2 is 2.00 bits per heavy atom. The maximum Gasteiger partial charge on any atom is 0.237 e. The first-order valence-electron chi connectivity index (χ1n) is 4.07. The van der Waals surface area contributed by atoms with E-state index in [-0.39, 0.29) is 11.8 Å². The van der Waals surface area contributed by atoms with E-state index in [1.54, 1.807) is 21.0 Å². The topological polar surface area (TPSA) is 49.4 Å². The lowest BCUT2D eigenvalue weighted by Gasteiger charge is -2.10. The van der Waals surface area contributed by atoms with Crippen LogP contribution in [0.2, 0.25) is 0 Å². The molecule has 0 aromatic heterocycles. The molecule has 0 aliphatic carbocycles. The van der Waals surface area contributed by atoms with Gasteiger partial charge in [-0.15, -0.1) is 11.6 Å². The number of carbonyl (C=O) groups excluding carboxylic acids is 2. The third-order valence-corrected chi connectivity index (χ3v) is 1.70. The SMILES string of the molecule is CC(Cl)C(=O)NCCC(=O)N(C)C. The Labute approximate surface area is 83.2 Å². The molecule has 2 amide bonds. The molecular weight excluding hydrogens is 192 g/mol. The molecule has 0 aromatic rings. The molecule has 0 aliphatic heterocycles. The predicted octanol–water partition coefficient (Wildman–Crippen LogP) is 0.208. The second-order valence-corrected chi connectivity index (χ2v) is 3.60. The van der Waals surface area contributed by atoms with Gasteiger partial charge >= 0.3 is 0 Å². The summed E-state index contributed by atoms with van der Waals surface area (Å²) < 4.78 is 0. The van der Waals surface area contributed by atoms with Gasteiger partial charge in [-0.1, -0.05) is 0 Å². The fourth-order valence-corrected chi connectivity index (χ4v) is 0.734. The van der Waals surface area contributed by atoms with E-state index in [0.29, 0.717) is 13.0 Å². The summed E-state index contributed by atoms with van der Waals surface area (Å²) in [7, 11) is 3.35. The summed E-state index contributed by atoms with van der Waals surface area (Å²) in [6, 6.07) is 0. The standard InChI is InChI=1S/C8H15ClN2O2/c1-6(9)8(13)10-5-4-7(12)11(2)3/h6H,4-5H2,1-3H3,(H,10,13). The zero-order chi connectivity index (χ0) is 10.4. The molecule has 5 heteroatoms. The van der Waals surface area contributed by atoms with E-state index in [9.17, 15) is 9.59 Å². The van der Waals surface area contributed by atoms with E-state index in [0.717, 1.165) is 0 Å². The lowest BCUT2D eigenvalue weighted by molar-refractivity contribution is -0.128. The highest BCUT2D eigenvalue weighted by atomic mass is 35.5. The third kappa shape index (κ3) is 5.47. The van der Waals surface area contributed by atoms with Crippen LogP contribution in [0.3, 0.4) is 0 Å². The highest BCUT2D eigenvalue weighted by molar-refractivity contribution is 6.30. The first-order valence-corrected chi connectivity index (χ1v) is 4.50. The predicted molar refractivity (Wildman–Crippen MR) is 51.6 cm³/mol. The highest BCUT2D eigenvalue weighted by Gasteiger charge is 2.09. The Morgan fingerprint density at radius 3 is 2.38 bits per heavy atom. The number of hydrogen-bond donors (Lipinski definition) is 1. The largest absolute Gasteiger partial charge is 0.354 e. The van der Waals surface area contributed by atoms with Gasteiger partial charge in [0.05, 0.1) is 0 Å². The van der Waals surface area contributed by atoms with Gasteiger partial charge in [0.1, 0.15) is 5.38 Å². The van der Waals surface area contributed by atoms with Crippen LogP contribution in [0.25, 0.3) is 0 Å². The molecule has 0 radical (unpaired) electrons. The summed E-state index contributed by atoms with van der Waals surface area (Å²) in [5, 5.41) is 2.00. The number of halogens is 1. The summed E-state index contributed by atoms with van der Waals surface area (Å²) in [6.07, 6.45) is 0.308. The molecule has 1 unspecified atom stereocenters. The summed E-state index contributed by atoms with van der Waals surface area (Å²) >= 11 is 5.50. The van der Waals surface area contributed by atoms with E-state index in [4.69, 9.17) is 11.6 Å². The van der Waals surface area contributed by atoms with Crippen molar-refractivity contribution in [3.05, 3.63) is 0 Å². The maximum atomic E-state index is 11.0. The number of carbonyl (C=O) groups is 2. The van der Waals surface area contributed by atoms with Crippen LogP contribution in [0.15, 0.2) is 0 Å². The van der Waals surface area contributed by atoms with Gasteiger partial charge in [-0.2, -0.15) is 0 Å². The lowest BCUT2D eigenvalue weighted by Crippen LogP contribution is -2.33.